The molecule has 0 saturated heterocycles. The Labute approximate surface area is 93.9 Å². The van der Waals surface area contributed by atoms with Crippen molar-refractivity contribution in [3.8, 4) is 0 Å². The Balaban J connectivity index is -0.000000309. The van der Waals surface area contributed by atoms with Crippen LogP contribution in [0.25, 0.3) is 5.32 Å². The molecule has 0 rings (SSSR count). The summed E-state index contributed by atoms with van der Waals surface area (Å²) < 4.78 is 0. The molecule has 1 amide bonds. The van der Waals surface area contributed by atoms with Gasteiger partial charge in [-0.25, -0.2) is 0 Å². The molecule has 1 N–H and O–H groups in total. The normalized spacial score (nSPS) is 8.15. The van der Waals surface area contributed by atoms with Crippen molar-refractivity contribution in [2.45, 2.75) is 27.7 Å². The zero-order valence-corrected chi connectivity index (χ0v) is 10.7. The van der Waals surface area contributed by atoms with Crippen LogP contribution < -0.4 is 5.32 Å². The number of nitrogens with zero attached hydrogens (tertiary/aromatic N) is 1. The van der Waals surface area contributed by atoms with E-state index in [0.29, 0.717) is 13.1 Å². The first kappa shape index (κ1) is 18.7. The first-order valence-corrected chi connectivity index (χ1v) is 4.51. The standard InChI is InChI=1S/C7H15N2O.C2H6.V/c1-6(2)7(10)9-5-4-8-3;1-2;/h6H,4-5H2,1-3H3,(H,9,10);1-2H3;/q-1;;. The fourth-order valence-corrected chi connectivity index (χ4v) is 0.495. The molecule has 0 spiro atoms. The van der Waals surface area contributed by atoms with E-state index in [4.69, 9.17) is 0 Å². The molecular weight excluding hydrogens is 203 g/mol. The van der Waals surface area contributed by atoms with Gasteiger partial charge < -0.3 is 10.6 Å². The molecule has 0 aliphatic rings. The molecule has 13 heavy (non-hydrogen) atoms. The fourth-order valence-electron chi connectivity index (χ4n) is 0.495. The van der Waals surface area contributed by atoms with E-state index in [1.165, 1.54) is 0 Å². The molecule has 0 bridgehead atoms. The average molecular weight is 224 g/mol. The van der Waals surface area contributed by atoms with Crippen LogP contribution in [0.1, 0.15) is 27.7 Å². The van der Waals surface area contributed by atoms with Gasteiger partial charge in [-0.3, -0.25) is 4.79 Å². The van der Waals surface area contributed by atoms with Gasteiger partial charge in [-0.2, -0.15) is 7.05 Å². The minimum atomic E-state index is 0. The summed E-state index contributed by atoms with van der Waals surface area (Å²) in [6.45, 7) is 9.11. The topological polar surface area (TPSA) is 43.2 Å². The first-order chi connectivity index (χ1) is 5.68. The molecule has 0 unspecified atom stereocenters. The molecule has 0 fully saturated rings. The minimum Gasteiger partial charge on any atom is -0.664 e. The van der Waals surface area contributed by atoms with Crippen LogP contribution in [0.3, 0.4) is 0 Å². The maximum atomic E-state index is 10.9. The number of hydrogen-bond acceptors (Lipinski definition) is 1. The van der Waals surface area contributed by atoms with E-state index in [0.717, 1.165) is 0 Å². The number of rotatable bonds is 4. The van der Waals surface area contributed by atoms with Crippen molar-refractivity contribution in [2.75, 3.05) is 20.1 Å². The molecule has 3 nitrogen and oxygen atoms in total. The second-order valence-corrected chi connectivity index (χ2v) is 2.49. The number of carbonyl (C=O) groups is 1. The van der Waals surface area contributed by atoms with Gasteiger partial charge in [0.05, 0.1) is 0 Å². The maximum Gasteiger partial charge on any atom is 0.222 e. The third-order valence-electron chi connectivity index (χ3n) is 1.16. The van der Waals surface area contributed by atoms with Gasteiger partial charge in [-0.05, 0) is 6.54 Å². The number of carbonyl (C=O) groups excluding carboxylic acids is 1. The summed E-state index contributed by atoms with van der Waals surface area (Å²) in [5.41, 5.74) is 0. The monoisotopic (exact) mass is 224 g/mol. The van der Waals surface area contributed by atoms with Crippen LogP contribution in [-0.4, -0.2) is 26.0 Å². The first-order valence-electron chi connectivity index (χ1n) is 4.51. The molecule has 0 aromatic carbocycles. The smallest absolute Gasteiger partial charge is 0.222 e. The third kappa shape index (κ3) is 14.8. The van der Waals surface area contributed by atoms with Gasteiger partial charge in [0.2, 0.25) is 5.91 Å². The van der Waals surface area contributed by atoms with Crippen molar-refractivity contribution in [3.05, 3.63) is 5.32 Å². The fraction of sp³-hybridized carbons (Fsp3) is 0.889. The molecule has 1 radical (unpaired) electrons. The minimum absolute atomic E-state index is 0. The molecule has 0 aromatic heterocycles. The number of nitrogens with one attached hydrogen (secondary N) is 1. The Kier molecular flexibility index (Phi) is 20.9. The van der Waals surface area contributed by atoms with Crippen molar-refractivity contribution in [1.82, 2.24) is 5.32 Å². The van der Waals surface area contributed by atoms with E-state index in [-0.39, 0.29) is 30.4 Å². The van der Waals surface area contributed by atoms with E-state index in [2.05, 4.69) is 10.6 Å². The van der Waals surface area contributed by atoms with Crippen molar-refractivity contribution in [1.29, 1.82) is 0 Å². The van der Waals surface area contributed by atoms with Gasteiger partial charge >= 0.3 is 0 Å². The predicted molar refractivity (Wildman–Crippen MR) is 53.3 cm³/mol. The second kappa shape index (κ2) is 14.5. The maximum absolute atomic E-state index is 10.9. The van der Waals surface area contributed by atoms with Crippen molar-refractivity contribution >= 4 is 5.91 Å². The van der Waals surface area contributed by atoms with Crippen LogP contribution in [-0.2, 0) is 23.4 Å². The largest absolute Gasteiger partial charge is 0.664 e. The van der Waals surface area contributed by atoms with Gasteiger partial charge in [0.25, 0.3) is 0 Å². The van der Waals surface area contributed by atoms with Crippen molar-refractivity contribution in [3.63, 3.8) is 0 Å². The van der Waals surface area contributed by atoms with E-state index in [1.807, 2.05) is 27.7 Å². The Bertz CT molecular complexity index is 108. The van der Waals surface area contributed by atoms with Crippen molar-refractivity contribution < 1.29 is 23.4 Å². The number of hydrogen-bond donors (Lipinski definition) is 1. The molecule has 0 atom stereocenters. The van der Waals surface area contributed by atoms with E-state index < -0.39 is 0 Å². The number of likely N-dealkylation sites (N-methyl/N-ethyl adjacent to an activating group) is 1. The van der Waals surface area contributed by atoms with Crippen LogP contribution in [0, 0.1) is 5.92 Å². The molecule has 0 aromatic rings. The van der Waals surface area contributed by atoms with Crippen LogP contribution in [0.4, 0.5) is 0 Å². The zero-order chi connectivity index (χ0) is 9.98. The van der Waals surface area contributed by atoms with Crippen LogP contribution in [0.15, 0.2) is 0 Å². The Morgan fingerprint density at radius 1 is 1.38 bits per heavy atom. The number of amides is 1. The Hall–Kier alpha value is 0.0144. The van der Waals surface area contributed by atoms with Crippen LogP contribution in [0.2, 0.25) is 0 Å². The van der Waals surface area contributed by atoms with Gasteiger partial charge in [0, 0.05) is 24.5 Å². The summed E-state index contributed by atoms with van der Waals surface area (Å²) in [6, 6.07) is 0. The van der Waals surface area contributed by atoms with E-state index >= 15 is 0 Å². The molecule has 0 saturated carbocycles. The van der Waals surface area contributed by atoms with Gasteiger partial charge in [-0.15, -0.1) is 6.54 Å². The zero-order valence-electron chi connectivity index (χ0n) is 9.29. The van der Waals surface area contributed by atoms with Gasteiger partial charge in [0.1, 0.15) is 0 Å². The quantitative estimate of drug-likeness (QED) is 0.727. The molecule has 0 aliphatic carbocycles. The van der Waals surface area contributed by atoms with Crippen LogP contribution in [0.5, 0.6) is 0 Å². The van der Waals surface area contributed by atoms with E-state index in [1.54, 1.807) is 7.05 Å². The summed E-state index contributed by atoms with van der Waals surface area (Å²) in [5, 5.41) is 6.60. The van der Waals surface area contributed by atoms with E-state index in [9.17, 15) is 4.79 Å². The third-order valence-corrected chi connectivity index (χ3v) is 1.16. The Morgan fingerprint density at radius 3 is 2.15 bits per heavy atom. The summed E-state index contributed by atoms with van der Waals surface area (Å²) in [6.07, 6.45) is 0. The van der Waals surface area contributed by atoms with Crippen molar-refractivity contribution in [2.24, 2.45) is 5.92 Å². The van der Waals surface area contributed by atoms with Crippen LogP contribution >= 0.6 is 0 Å². The van der Waals surface area contributed by atoms with Gasteiger partial charge in [-0.1, -0.05) is 27.7 Å². The summed E-state index contributed by atoms with van der Waals surface area (Å²) in [7, 11) is 1.74. The SMILES string of the molecule is CC.C[N-]CCNC(=O)C(C)C.[V]. The Morgan fingerprint density at radius 2 is 1.85 bits per heavy atom. The molecule has 0 heterocycles. The second-order valence-electron chi connectivity index (χ2n) is 2.49. The average Bonchev–Trinajstić information content (AvgIpc) is 2.08. The molecule has 0 aliphatic heterocycles. The molecule has 79 valence electrons. The summed E-state index contributed by atoms with van der Waals surface area (Å²) >= 11 is 0. The predicted octanol–water partition coefficient (Wildman–Crippen LogP) is 1.79. The molecular formula is C9H21N2OV-. The summed E-state index contributed by atoms with van der Waals surface area (Å²) in [4.78, 5) is 10.9. The molecule has 4 heteroatoms. The van der Waals surface area contributed by atoms with Gasteiger partial charge in [0.15, 0.2) is 0 Å². The summed E-state index contributed by atoms with van der Waals surface area (Å²) in [5.74, 6) is 0.181.